The van der Waals surface area contributed by atoms with Crippen molar-refractivity contribution >= 4 is 5.97 Å². The van der Waals surface area contributed by atoms with Crippen LogP contribution >= 0.6 is 0 Å². The molecule has 0 bridgehead atoms. The maximum atomic E-state index is 10.7. The number of aliphatic carboxylic acids is 1. The molecule has 2 atom stereocenters. The summed E-state index contributed by atoms with van der Waals surface area (Å²) in [6, 6.07) is 10.1. The molecule has 0 spiro atoms. The number of benzene rings is 1. The minimum Gasteiger partial charge on any atom is -0.481 e. The van der Waals surface area contributed by atoms with Crippen LogP contribution in [0.5, 0.6) is 0 Å². The fourth-order valence-corrected chi connectivity index (χ4v) is 2.26. The van der Waals surface area contributed by atoms with Gasteiger partial charge in [-0.15, -0.1) is 0 Å². The number of carbonyl (C=O) groups is 1. The Balaban J connectivity index is 2.11. The zero-order chi connectivity index (χ0) is 10.7. The molecule has 2 N–H and O–H groups in total. The molecule has 3 nitrogen and oxygen atoms in total. The summed E-state index contributed by atoms with van der Waals surface area (Å²) in [5.74, 6) is -0.128. The van der Waals surface area contributed by atoms with Crippen LogP contribution in [0.15, 0.2) is 30.3 Å². The third-order valence-electron chi connectivity index (χ3n) is 3.00. The van der Waals surface area contributed by atoms with E-state index in [-0.39, 0.29) is 12.3 Å². The Labute approximate surface area is 89.1 Å². The molecule has 1 fully saturated rings. The molecule has 0 saturated carbocycles. The van der Waals surface area contributed by atoms with Crippen LogP contribution in [0.3, 0.4) is 0 Å². The summed E-state index contributed by atoms with van der Waals surface area (Å²) in [5, 5.41) is 12.1. The molecule has 80 valence electrons. The minimum absolute atomic E-state index is 0.227. The Morgan fingerprint density at radius 1 is 1.33 bits per heavy atom. The number of carboxylic acids is 1. The molecule has 2 unspecified atom stereocenters. The van der Waals surface area contributed by atoms with Crippen LogP contribution in [0.2, 0.25) is 0 Å². The molecule has 0 radical (unpaired) electrons. The van der Waals surface area contributed by atoms with Gasteiger partial charge in [-0.05, 0) is 18.0 Å². The van der Waals surface area contributed by atoms with E-state index in [1.54, 1.807) is 0 Å². The second kappa shape index (κ2) is 4.45. The van der Waals surface area contributed by atoms with E-state index < -0.39 is 5.97 Å². The standard InChI is InChI=1S/C12H15NO2/c14-12(15)6-10-7-13-8-11(10)9-4-2-1-3-5-9/h1-5,10-11,13H,6-8H2,(H,14,15). The molecule has 1 heterocycles. The number of hydrogen-bond donors (Lipinski definition) is 2. The van der Waals surface area contributed by atoms with Crippen molar-refractivity contribution in [2.75, 3.05) is 13.1 Å². The second-order valence-electron chi connectivity index (χ2n) is 4.03. The van der Waals surface area contributed by atoms with Crippen molar-refractivity contribution < 1.29 is 9.90 Å². The van der Waals surface area contributed by atoms with Crippen LogP contribution in [-0.2, 0) is 4.79 Å². The van der Waals surface area contributed by atoms with Gasteiger partial charge in [0.15, 0.2) is 0 Å². The number of carboxylic acid groups (broad SMARTS) is 1. The summed E-state index contributed by atoms with van der Waals surface area (Å²) in [7, 11) is 0. The first-order chi connectivity index (χ1) is 7.27. The molecule has 0 aliphatic carbocycles. The third kappa shape index (κ3) is 2.36. The molecule has 1 aliphatic rings. The smallest absolute Gasteiger partial charge is 0.303 e. The Morgan fingerprint density at radius 3 is 2.73 bits per heavy atom. The van der Waals surface area contributed by atoms with E-state index >= 15 is 0 Å². The maximum Gasteiger partial charge on any atom is 0.303 e. The molecule has 0 amide bonds. The zero-order valence-electron chi connectivity index (χ0n) is 8.52. The largest absolute Gasteiger partial charge is 0.481 e. The first-order valence-electron chi connectivity index (χ1n) is 5.25. The highest BCUT2D eigenvalue weighted by Crippen LogP contribution is 2.29. The quantitative estimate of drug-likeness (QED) is 0.785. The molecule has 1 saturated heterocycles. The van der Waals surface area contributed by atoms with Gasteiger partial charge in [-0.1, -0.05) is 30.3 Å². The van der Waals surface area contributed by atoms with E-state index in [0.717, 1.165) is 13.1 Å². The zero-order valence-corrected chi connectivity index (χ0v) is 8.52. The fraction of sp³-hybridized carbons (Fsp3) is 0.417. The van der Waals surface area contributed by atoms with Gasteiger partial charge in [-0.25, -0.2) is 0 Å². The molecule has 15 heavy (non-hydrogen) atoms. The number of nitrogens with one attached hydrogen (secondary N) is 1. The normalized spacial score (nSPS) is 25.3. The fourth-order valence-electron chi connectivity index (χ4n) is 2.26. The van der Waals surface area contributed by atoms with Gasteiger partial charge in [0.1, 0.15) is 0 Å². The second-order valence-corrected chi connectivity index (χ2v) is 4.03. The van der Waals surface area contributed by atoms with Gasteiger partial charge in [-0.3, -0.25) is 4.79 Å². The summed E-state index contributed by atoms with van der Waals surface area (Å²) in [6.45, 7) is 1.70. The first-order valence-corrected chi connectivity index (χ1v) is 5.25. The van der Waals surface area contributed by atoms with Crippen LogP contribution in [0.4, 0.5) is 0 Å². The Bertz CT molecular complexity index is 337. The lowest BCUT2D eigenvalue weighted by molar-refractivity contribution is -0.138. The van der Waals surface area contributed by atoms with E-state index in [9.17, 15) is 4.79 Å². The monoisotopic (exact) mass is 205 g/mol. The van der Waals surface area contributed by atoms with Gasteiger partial charge in [0.2, 0.25) is 0 Å². The lowest BCUT2D eigenvalue weighted by atomic mass is 9.87. The van der Waals surface area contributed by atoms with Crippen LogP contribution in [0, 0.1) is 5.92 Å². The predicted octanol–water partition coefficient (Wildman–Crippen LogP) is 1.46. The highest BCUT2D eigenvalue weighted by atomic mass is 16.4. The predicted molar refractivity (Wildman–Crippen MR) is 57.8 cm³/mol. The summed E-state index contributed by atoms with van der Waals surface area (Å²) >= 11 is 0. The van der Waals surface area contributed by atoms with Crippen LogP contribution in [0.1, 0.15) is 17.9 Å². The van der Waals surface area contributed by atoms with Gasteiger partial charge < -0.3 is 10.4 Å². The van der Waals surface area contributed by atoms with Gasteiger partial charge in [-0.2, -0.15) is 0 Å². The SMILES string of the molecule is O=C(O)CC1CNCC1c1ccccc1. The molecule has 1 aliphatic heterocycles. The summed E-state index contributed by atoms with van der Waals surface area (Å²) in [4.78, 5) is 10.7. The molecular formula is C12H15NO2. The molecular weight excluding hydrogens is 190 g/mol. The topological polar surface area (TPSA) is 49.3 Å². The lowest BCUT2D eigenvalue weighted by Crippen LogP contribution is -2.15. The van der Waals surface area contributed by atoms with Crippen LogP contribution in [-0.4, -0.2) is 24.2 Å². The average Bonchev–Trinajstić information content (AvgIpc) is 2.66. The Morgan fingerprint density at radius 2 is 2.07 bits per heavy atom. The van der Waals surface area contributed by atoms with E-state index in [1.165, 1.54) is 5.56 Å². The van der Waals surface area contributed by atoms with Crippen LogP contribution in [0.25, 0.3) is 0 Å². The van der Waals surface area contributed by atoms with Crippen molar-refractivity contribution in [1.29, 1.82) is 0 Å². The molecule has 0 aromatic heterocycles. The maximum absolute atomic E-state index is 10.7. The summed E-state index contributed by atoms with van der Waals surface area (Å²) in [5.41, 5.74) is 1.24. The Hall–Kier alpha value is -1.35. The van der Waals surface area contributed by atoms with Gasteiger partial charge >= 0.3 is 5.97 Å². The van der Waals surface area contributed by atoms with Gasteiger partial charge in [0.05, 0.1) is 0 Å². The van der Waals surface area contributed by atoms with E-state index in [1.807, 2.05) is 18.2 Å². The van der Waals surface area contributed by atoms with Crippen molar-refractivity contribution in [3.8, 4) is 0 Å². The number of rotatable bonds is 3. The first kappa shape index (κ1) is 10.2. The Kier molecular flexibility index (Phi) is 3.02. The minimum atomic E-state index is -0.704. The van der Waals surface area contributed by atoms with Crippen molar-refractivity contribution in [1.82, 2.24) is 5.32 Å². The van der Waals surface area contributed by atoms with Crippen molar-refractivity contribution in [3.05, 3.63) is 35.9 Å². The van der Waals surface area contributed by atoms with Crippen molar-refractivity contribution in [3.63, 3.8) is 0 Å². The van der Waals surface area contributed by atoms with Crippen molar-refractivity contribution in [2.24, 2.45) is 5.92 Å². The number of hydrogen-bond acceptors (Lipinski definition) is 2. The molecule has 2 rings (SSSR count). The van der Waals surface area contributed by atoms with Gasteiger partial charge in [0, 0.05) is 18.9 Å². The summed E-state index contributed by atoms with van der Waals surface area (Å²) in [6.07, 6.45) is 0.257. The molecule has 1 aromatic carbocycles. The van der Waals surface area contributed by atoms with Crippen molar-refractivity contribution in [2.45, 2.75) is 12.3 Å². The third-order valence-corrected chi connectivity index (χ3v) is 3.00. The van der Waals surface area contributed by atoms with E-state index in [2.05, 4.69) is 17.4 Å². The molecule has 1 aromatic rings. The van der Waals surface area contributed by atoms with Gasteiger partial charge in [0.25, 0.3) is 0 Å². The molecule has 3 heteroatoms. The highest BCUT2D eigenvalue weighted by molar-refractivity contribution is 5.67. The highest BCUT2D eigenvalue weighted by Gasteiger charge is 2.29. The van der Waals surface area contributed by atoms with E-state index in [4.69, 9.17) is 5.11 Å². The lowest BCUT2D eigenvalue weighted by Gasteiger charge is -2.16. The van der Waals surface area contributed by atoms with Crippen LogP contribution < -0.4 is 5.32 Å². The summed E-state index contributed by atoms with van der Waals surface area (Å²) < 4.78 is 0. The van der Waals surface area contributed by atoms with E-state index in [0.29, 0.717) is 5.92 Å². The average molecular weight is 205 g/mol.